The summed E-state index contributed by atoms with van der Waals surface area (Å²) in [5, 5.41) is 2.15. The Kier molecular flexibility index (Phi) is 2.62. The van der Waals surface area contributed by atoms with Gasteiger partial charge in [0.1, 0.15) is 0 Å². The second-order valence-electron chi connectivity index (χ2n) is 4.98. The fraction of sp³-hybridized carbons (Fsp3) is 0.727. The lowest BCUT2D eigenvalue weighted by Crippen LogP contribution is -2.37. The number of hydrogen-bond acceptors (Lipinski definition) is 3. The fourth-order valence-corrected chi connectivity index (χ4v) is 3.01. The first-order valence-electron chi connectivity index (χ1n) is 5.20. The molecule has 2 heterocycles. The van der Waals surface area contributed by atoms with Crippen molar-refractivity contribution in [2.75, 3.05) is 6.54 Å². The van der Waals surface area contributed by atoms with Gasteiger partial charge < -0.3 is 0 Å². The first-order chi connectivity index (χ1) is 6.58. The molecule has 0 amide bonds. The summed E-state index contributed by atoms with van der Waals surface area (Å²) in [7, 11) is 0. The molecule has 0 N–H and O–H groups in total. The zero-order valence-electron chi connectivity index (χ0n) is 9.16. The Morgan fingerprint density at radius 1 is 1.64 bits per heavy atom. The number of likely N-dealkylation sites (tertiary alicyclic amines) is 1. The maximum Gasteiger partial charge on any atom is 0.0795 e. The molecule has 2 rings (SSSR count). The SMILES string of the molecule is CC1CN(Cc2cscn2)C(C)(C)C1. The summed E-state index contributed by atoms with van der Waals surface area (Å²) in [4.78, 5) is 6.90. The van der Waals surface area contributed by atoms with E-state index in [-0.39, 0.29) is 0 Å². The van der Waals surface area contributed by atoms with Gasteiger partial charge in [-0.05, 0) is 26.2 Å². The van der Waals surface area contributed by atoms with Crippen LogP contribution < -0.4 is 0 Å². The van der Waals surface area contributed by atoms with Crippen LogP contribution in [0.1, 0.15) is 32.9 Å². The van der Waals surface area contributed by atoms with E-state index in [9.17, 15) is 0 Å². The largest absolute Gasteiger partial charge is 0.292 e. The molecule has 0 radical (unpaired) electrons. The summed E-state index contributed by atoms with van der Waals surface area (Å²) in [6.45, 7) is 9.24. The van der Waals surface area contributed by atoms with Crippen molar-refractivity contribution in [3.8, 4) is 0 Å². The van der Waals surface area contributed by atoms with Gasteiger partial charge in [0.25, 0.3) is 0 Å². The van der Waals surface area contributed by atoms with Crippen molar-refractivity contribution >= 4 is 11.3 Å². The molecule has 0 aromatic carbocycles. The van der Waals surface area contributed by atoms with E-state index >= 15 is 0 Å². The highest BCUT2D eigenvalue weighted by molar-refractivity contribution is 7.07. The Hall–Kier alpha value is -0.410. The quantitative estimate of drug-likeness (QED) is 0.746. The summed E-state index contributed by atoms with van der Waals surface area (Å²) in [5.41, 5.74) is 3.49. The predicted molar refractivity (Wildman–Crippen MR) is 60.4 cm³/mol. The lowest BCUT2D eigenvalue weighted by molar-refractivity contribution is 0.164. The van der Waals surface area contributed by atoms with Crippen molar-refractivity contribution in [3.63, 3.8) is 0 Å². The van der Waals surface area contributed by atoms with Crippen molar-refractivity contribution in [2.24, 2.45) is 5.92 Å². The van der Waals surface area contributed by atoms with Gasteiger partial charge in [-0.2, -0.15) is 0 Å². The van der Waals surface area contributed by atoms with Crippen LogP contribution in [-0.4, -0.2) is 22.0 Å². The minimum absolute atomic E-state index is 0.350. The molecule has 1 aliphatic rings. The Morgan fingerprint density at radius 2 is 2.43 bits per heavy atom. The summed E-state index contributed by atoms with van der Waals surface area (Å²) in [6, 6.07) is 0. The van der Waals surface area contributed by atoms with Gasteiger partial charge in [0.2, 0.25) is 0 Å². The second-order valence-corrected chi connectivity index (χ2v) is 5.70. The normalized spacial score (nSPS) is 26.9. The monoisotopic (exact) mass is 210 g/mol. The van der Waals surface area contributed by atoms with Crippen LogP contribution in [0.3, 0.4) is 0 Å². The average molecular weight is 210 g/mol. The molecule has 0 bridgehead atoms. The minimum Gasteiger partial charge on any atom is -0.292 e. The van der Waals surface area contributed by atoms with E-state index in [1.54, 1.807) is 11.3 Å². The van der Waals surface area contributed by atoms with Gasteiger partial charge in [0.15, 0.2) is 0 Å². The van der Waals surface area contributed by atoms with Crippen LogP contribution in [-0.2, 0) is 6.54 Å². The van der Waals surface area contributed by atoms with Gasteiger partial charge in [-0.25, -0.2) is 4.98 Å². The Labute approximate surface area is 90.0 Å². The van der Waals surface area contributed by atoms with Crippen LogP contribution in [0.5, 0.6) is 0 Å². The minimum atomic E-state index is 0.350. The summed E-state index contributed by atoms with van der Waals surface area (Å²) >= 11 is 1.69. The van der Waals surface area contributed by atoms with E-state index in [1.807, 2.05) is 5.51 Å². The van der Waals surface area contributed by atoms with E-state index in [4.69, 9.17) is 0 Å². The van der Waals surface area contributed by atoms with Crippen LogP contribution in [0.4, 0.5) is 0 Å². The van der Waals surface area contributed by atoms with E-state index in [0.29, 0.717) is 5.54 Å². The van der Waals surface area contributed by atoms with E-state index in [1.165, 1.54) is 18.7 Å². The van der Waals surface area contributed by atoms with E-state index in [0.717, 1.165) is 12.5 Å². The van der Waals surface area contributed by atoms with Crippen LogP contribution in [0, 0.1) is 5.92 Å². The standard InChI is InChI=1S/C11H18N2S/c1-9-4-11(2,3)13(5-9)6-10-7-14-8-12-10/h7-9H,4-6H2,1-3H3. The number of rotatable bonds is 2. The smallest absolute Gasteiger partial charge is 0.0795 e. The molecule has 1 atom stereocenters. The molecule has 1 fully saturated rings. The number of aromatic nitrogens is 1. The lowest BCUT2D eigenvalue weighted by Gasteiger charge is -2.30. The summed E-state index contributed by atoms with van der Waals surface area (Å²) in [6.07, 6.45) is 1.30. The summed E-state index contributed by atoms with van der Waals surface area (Å²) in [5.74, 6) is 0.823. The maximum absolute atomic E-state index is 4.35. The van der Waals surface area contributed by atoms with Crippen LogP contribution in [0.2, 0.25) is 0 Å². The van der Waals surface area contributed by atoms with Crippen molar-refractivity contribution in [2.45, 2.75) is 39.3 Å². The molecule has 0 aliphatic carbocycles. The topological polar surface area (TPSA) is 16.1 Å². The van der Waals surface area contributed by atoms with Gasteiger partial charge in [-0.15, -0.1) is 11.3 Å². The molecule has 14 heavy (non-hydrogen) atoms. The number of nitrogens with zero attached hydrogens (tertiary/aromatic N) is 2. The first-order valence-corrected chi connectivity index (χ1v) is 6.14. The molecule has 78 valence electrons. The molecular formula is C11H18N2S. The predicted octanol–water partition coefficient (Wildman–Crippen LogP) is 2.76. The van der Waals surface area contributed by atoms with Crippen LogP contribution >= 0.6 is 11.3 Å². The van der Waals surface area contributed by atoms with Gasteiger partial charge >= 0.3 is 0 Å². The Morgan fingerprint density at radius 3 is 2.93 bits per heavy atom. The molecule has 1 aromatic rings. The van der Waals surface area contributed by atoms with E-state index < -0.39 is 0 Å². The third kappa shape index (κ3) is 1.98. The average Bonchev–Trinajstić information content (AvgIpc) is 2.61. The number of hydrogen-bond donors (Lipinski definition) is 0. The highest BCUT2D eigenvalue weighted by Crippen LogP contribution is 2.33. The molecule has 2 nitrogen and oxygen atoms in total. The fourth-order valence-electron chi connectivity index (χ4n) is 2.46. The van der Waals surface area contributed by atoms with Crippen LogP contribution in [0.15, 0.2) is 10.9 Å². The van der Waals surface area contributed by atoms with Crippen molar-refractivity contribution in [1.29, 1.82) is 0 Å². The molecule has 1 saturated heterocycles. The van der Waals surface area contributed by atoms with Crippen molar-refractivity contribution in [1.82, 2.24) is 9.88 Å². The first kappa shape index (κ1) is 10.1. The third-order valence-electron chi connectivity index (χ3n) is 3.07. The van der Waals surface area contributed by atoms with Crippen LogP contribution in [0.25, 0.3) is 0 Å². The third-order valence-corrected chi connectivity index (χ3v) is 3.71. The Bertz CT molecular complexity index is 292. The highest BCUT2D eigenvalue weighted by atomic mass is 32.1. The molecule has 0 spiro atoms. The lowest BCUT2D eigenvalue weighted by atomic mass is 9.98. The van der Waals surface area contributed by atoms with Gasteiger partial charge in [-0.3, -0.25) is 4.90 Å². The molecule has 0 saturated carbocycles. The van der Waals surface area contributed by atoms with Gasteiger partial charge in [0, 0.05) is 24.0 Å². The van der Waals surface area contributed by atoms with Crippen molar-refractivity contribution in [3.05, 3.63) is 16.6 Å². The van der Waals surface area contributed by atoms with Gasteiger partial charge in [-0.1, -0.05) is 6.92 Å². The Balaban J connectivity index is 2.05. The van der Waals surface area contributed by atoms with Crippen molar-refractivity contribution < 1.29 is 0 Å². The molecule has 3 heteroatoms. The molecule has 1 unspecified atom stereocenters. The molecule has 1 aliphatic heterocycles. The second kappa shape index (κ2) is 3.63. The summed E-state index contributed by atoms with van der Waals surface area (Å²) < 4.78 is 0. The molecular weight excluding hydrogens is 192 g/mol. The van der Waals surface area contributed by atoms with Gasteiger partial charge in [0.05, 0.1) is 11.2 Å². The zero-order valence-corrected chi connectivity index (χ0v) is 9.97. The number of thiazole rings is 1. The maximum atomic E-state index is 4.35. The van der Waals surface area contributed by atoms with E-state index in [2.05, 4.69) is 36.0 Å². The molecule has 1 aromatic heterocycles. The zero-order chi connectivity index (χ0) is 10.2. The highest BCUT2D eigenvalue weighted by Gasteiger charge is 2.36.